The molecule has 0 fully saturated rings. The van der Waals surface area contributed by atoms with Gasteiger partial charge in [-0.2, -0.15) is 0 Å². The quantitative estimate of drug-likeness (QED) is 0.879. The highest BCUT2D eigenvalue weighted by molar-refractivity contribution is 5.96. The molecule has 116 valence electrons. The molecule has 6 heteroatoms. The maximum atomic E-state index is 12.0. The summed E-state index contributed by atoms with van der Waals surface area (Å²) in [6, 6.07) is 7.81. The monoisotopic (exact) mass is 300 g/mol. The zero-order chi connectivity index (χ0) is 16.1. The third-order valence-corrected chi connectivity index (χ3v) is 3.34. The van der Waals surface area contributed by atoms with Crippen LogP contribution in [-0.2, 0) is 13.0 Å². The number of ether oxygens (including phenoxy) is 1. The molecule has 3 N–H and O–H groups in total. The van der Waals surface area contributed by atoms with Gasteiger partial charge in [0, 0.05) is 7.05 Å². The molecule has 0 aliphatic rings. The lowest BCUT2D eigenvalue weighted by atomic mass is 10.1. The summed E-state index contributed by atoms with van der Waals surface area (Å²) < 4.78 is 5.71. The zero-order valence-electron chi connectivity index (χ0n) is 13.0. The Bertz CT molecular complexity index is 669. The number of amides is 1. The summed E-state index contributed by atoms with van der Waals surface area (Å²) in [5.41, 5.74) is 8.32. The van der Waals surface area contributed by atoms with Crippen LogP contribution in [-0.4, -0.2) is 22.9 Å². The normalized spacial score (nSPS) is 10.3. The molecule has 0 spiro atoms. The second kappa shape index (κ2) is 6.89. The third kappa shape index (κ3) is 3.52. The van der Waals surface area contributed by atoms with Crippen LogP contribution >= 0.6 is 0 Å². The van der Waals surface area contributed by atoms with E-state index in [1.54, 1.807) is 14.0 Å². The summed E-state index contributed by atoms with van der Waals surface area (Å²) >= 11 is 0. The Labute approximate surface area is 129 Å². The first kappa shape index (κ1) is 15.8. The number of nitrogen functional groups attached to an aromatic ring is 1. The SMILES string of the molecule is CCc1ccc(OCc2nc(N)nc(C)c2C(=O)NC)cc1. The van der Waals surface area contributed by atoms with Gasteiger partial charge in [0.1, 0.15) is 12.4 Å². The summed E-state index contributed by atoms with van der Waals surface area (Å²) in [6.07, 6.45) is 0.975. The van der Waals surface area contributed by atoms with Gasteiger partial charge in [0.25, 0.3) is 5.91 Å². The van der Waals surface area contributed by atoms with Crippen LogP contribution in [0.4, 0.5) is 5.95 Å². The van der Waals surface area contributed by atoms with Crippen molar-refractivity contribution in [3.8, 4) is 5.75 Å². The molecule has 0 radical (unpaired) electrons. The predicted octanol–water partition coefficient (Wildman–Crippen LogP) is 1.87. The van der Waals surface area contributed by atoms with Gasteiger partial charge in [-0.25, -0.2) is 9.97 Å². The second-order valence-electron chi connectivity index (χ2n) is 4.85. The van der Waals surface area contributed by atoms with Crippen LogP contribution in [0.3, 0.4) is 0 Å². The average molecular weight is 300 g/mol. The van der Waals surface area contributed by atoms with Gasteiger partial charge in [-0.1, -0.05) is 19.1 Å². The van der Waals surface area contributed by atoms with Crippen molar-refractivity contribution in [3.63, 3.8) is 0 Å². The van der Waals surface area contributed by atoms with Crippen LogP contribution in [0.5, 0.6) is 5.75 Å². The summed E-state index contributed by atoms with van der Waals surface area (Å²) in [5.74, 6) is 0.595. The van der Waals surface area contributed by atoms with E-state index in [2.05, 4.69) is 22.2 Å². The number of nitrogens with zero attached hydrogens (tertiary/aromatic N) is 2. The van der Waals surface area contributed by atoms with E-state index in [0.29, 0.717) is 17.0 Å². The second-order valence-corrected chi connectivity index (χ2v) is 4.85. The summed E-state index contributed by atoms with van der Waals surface area (Å²) in [7, 11) is 1.56. The fourth-order valence-electron chi connectivity index (χ4n) is 2.15. The van der Waals surface area contributed by atoms with Crippen LogP contribution < -0.4 is 15.8 Å². The van der Waals surface area contributed by atoms with Gasteiger partial charge >= 0.3 is 0 Å². The molecule has 2 aromatic rings. The van der Waals surface area contributed by atoms with E-state index < -0.39 is 0 Å². The molecule has 6 nitrogen and oxygen atoms in total. The summed E-state index contributed by atoms with van der Waals surface area (Å²) in [4.78, 5) is 20.1. The maximum Gasteiger partial charge on any atom is 0.254 e. The van der Waals surface area contributed by atoms with Crippen molar-refractivity contribution in [2.45, 2.75) is 26.9 Å². The van der Waals surface area contributed by atoms with Crippen molar-refractivity contribution in [1.29, 1.82) is 0 Å². The van der Waals surface area contributed by atoms with E-state index in [0.717, 1.165) is 12.2 Å². The molecule has 2 rings (SSSR count). The van der Waals surface area contributed by atoms with Crippen molar-refractivity contribution in [1.82, 2.24) is 15.3 Å². The summed E-state index contributed by atoms with van der Waals surface area (Å²) in [6.45, 7) is 3.97. The fraction of sp³-hybridized carbons (Fsp3) is 0.312. The van der Waals surface area contributed by atoms with E-state index in [4.69, 9.17) is 10.5 Å². The van der Waals surface area contributed by atoms with Gasteiger partial charge < -0.3 is 15.8 Å². The highest BCUT2D eigenvalue weighted by Gasteiger charge is 2.17. The first-order chi connectivity index (χ1) is 10.5. The minimum atomic E-state index is -0.252. The Morgan fingerprint density at radius 2 is 1.95 bits per heavy atom. The Morgan fingerprint density at radius 1 is 1.27 bits per heavy atom. The molecule has 22 heavy (non-hydrogen) atoms. The van der Waals surface area contributed by atoms with E-state index in [1.807, 2.05) is 24.3 Å². The number of nitrogens with one attached hydrogen (secondary N) is 1. The number of hydrogen-bond donors (Lipinski definition) is 2. The minimum absolute atomic E-state index is 0.130. The number of rotatable bonds is 5. The van der Waals surface area contributed by atoms with E-state index >= 15 is 0 Å². The molecule has 1 aromatic carbocycles. The van der Waals surface area contributed by atoms with Gasteiger partial charge in [-0.05, 0) is 31.0 Å². The van der Waals surface area contributed by atoms with Gasteiger partial charge in [0.2, 0.25) is 5.95 Å². The molecule has 1 amide bonds. The largest absolute Gasteiger partial charge is 0.487 e. The Kier molecular flexibility index (Phi) is 4.93. The molecule has 0 saturated heterocycles. The standard InChI is InChI=1S/C16H20N4O2/c1-4-11-5-7-12(8-6-11)22-9-13-14(15(21)18-3)10(2)19-16(17)20-13/h5-8H,4,9H2,1-3H3,(H,18,21)(H2,17,19,20). The van der Waals surface area contributed by atoms with Gasteiger partial charge in [-0.3, -0.25) is 4.79 Å². The molecule has 1 aromatic heterocycles. The third-order valence-electron chi connectivity index (χ3n) is 3.34. The molecule has 0 atom stereocenters. The number of aryl methyl sites for hydroxylation is 2. The maximum absolute atomic E-state index is 12.0. The topological polar surface area (TPSA) is 90.1 Å². The summed E-state index contributed by atoms with van der Waals surface area (Å²) in [5, 5.41) is 2.58. The molecule has 0 aliphatic carbocycles. The van der Waals surface area contributed by atoms with Gasteiger partial charge in [0.05, 0.1) is 17.0 Å². The van der Waals surface area contributed by atoms with Crippen LogP contribution in [0.2, 0.25) is 0 Å². The Hall–Kier alpha value is -2.63. The number of nitrogens with two attached hydrogens (primary N) is 1. The van der Waals surface area contributed by atoms with Crippen molar-refractivity contribution in [2.75, 3.05) is 12.8 Å². The van der Waals surface area contributed by atoms with Crippen LogP contribution in [0.1, 0.15) is 34.2 Å². The fourth-order valence-corrected chi connectivity index (χ4v) is 2.15. The lowest BCUT2D eigenvalue weighted by molar-refractivity contribution is 0.0959. The van der Waals surface area contributed by atoms with Gasteiger partial charge in [-0.15, -0.1) is 0 Å². The van der Waals surface area contributed by atoms with Crippen LogP contribution in [0, 0.1) is 6.92 Å². The molecular formula is C16H20N4O2. The first-order valence-corrected chi connectivity index (χ1v) is 7.12. The Balaban J connectivity index is 2.22. The Morgan fingerprint density at radius 3 is 2.55 bits per heavy atom. The van der Waals surface area contributed by atoms with Crippen molar-refractivity contribution in [2.24, 2.45) is 0 Å². The highest BCUT2D eigenvalue weighted by Crippen LogP contribution is 2.17. The lowest BCUT2D eigenvalue weighted by Gasteiger charge is -2.12. The van der Waals surface area contributed by atoms with Crippen LogP contribution in [0.15, 0.2) is 24.3 Å². The lowest BCUT2D eigenvalue weighted by Crippen LogP contribution is -2.23. The molecule has 1 heterocycles. The van der Waals surface area contributed by atoms with Crippen molar-refractivity contribution < 1.29 is 9.53 Å². The molecular weight excluding hydrogens is 280 g/mol. The molecule has 0 aliphatic heterocycles. The average Bonchev–Trinajstić information content (AvgIpc) is 2.52. The van der Waals surface area contributed by atoms with E-state index in [1.165, 1.54) is 5.56 Å². The molecule has 0 bridgehead atoms. The number of hydrogen-bond acceptors (Lipinski definition) is 5. The van der Waals surface area contributed by atoms with Gasteiger partial charge in [0.15, 0.2) is 0 Å². The first-order valence-electron chi connectivity index (χ1n) is 7.12. The molecule has 0 unspecified atom stereocenters. The van der Waals surface area contributed by atoms with Crippen molar-refractivity contribution >= 4 is 11.9 Å². The van der Waals surface area contributed by atoms with E-state index in [9.17, 15) is 4.79 Å². The smallest absolute Gasteiger partial charge is 0.254 e. The zero-order valence-corrected chi connectivity index (χ0v) is 13.0. The van der Waals surface area contributed by atoms with E-state index in [-0.39, 0.29) is 18.5 Å². The van der Waals surface area contributed by atoms with Crippen LogP contribution in [0.25, 0.3) is 0 Å². The highest BCUT2D eigenvalue weighted by atomic mass is 16.5. The predicted molar refractivity (Wildman–Crippen MR) is 84.7 cm³/mol. The number of anilines is 1. The number of benzene rings is 1. The van der Waals surface area contributed by atoms with Crippen molar-refractivity contribution in [3.05, 3.63) is 46.8 Å². The number of carbonyl (C=O) groups excluding carboxylic acids is 1. The number of aromatic nitrogens is 2. The minimum Gasteiger partial charge on any atom is -0.487 e. The molecule has 0 saturated carbocycles. The number of carbonyl (C=O) groups is 1.